The van der Waals surface area contributed by atoms with Crippen molar-refractivity contribution in [1.29, 1.82) is 0 Å². The lowest BCUT2D eigenvalue weighted by Gasteiger charge is -2.31. The number of rotatable bonds is 5. The molecular weight excluding hydrogens is 172 g/mol. The molecular formula is C8H20N2O3. The molecule has 0 radical (unpaired) electrons. The van der Waals surface area contributed by atoms with Gasteiger partial charge in [-0.1, -0.05) is 13.8 Å². The summed E-state index contributed by atoms with van der Waals surface area (Å²) >= 11 is 0. The largest absolute Gasteiger partial charge is 0.326 e. The molecule has 13 heavy (non-hydrogen) atoms. The smallest absolute Gasteiger partial charge is 0.0787 e. The Morgan fingerprint density at radius 1 is 1.23 bits per heavy atom. The Morgan fingerprint density at radius 2 is 1.69 bits per heavy atom. The van der Waals surface area contributed by atoms with Gasteiger partial charge in [-0.3, -0.25) is 15.3 Å². The summed E-state index contributed by atoms with van der Waals surface area (Å²) in [6.07, 6.45) is 0.730. The predicted molar refractivity (Wildman–Crippen MR) is 48.0 cm³/mol. The zero-order valence-corrected chi connectivity index (χ0v) is 8.74. The van der Waals surface area contributed by atoms with Crippen molar-refractivity contribution in [2.24, 2.45) is 11.1 Å². The van der Waals surface area contributed by atoms with Gasteiger partial charge in [0.1, 0.15) is 0 Å². The Morgan fingerprint density at radius 3 is 2.00 bits per heavy atom. The summed E-state index contributed by atoms with van der Waals surface area (Å²) in [7, 11) is 0. The van der Waals surface area contributed by atoms with Crippen molar-refractivity contribution in [2.45, 2.75) is 39.7 Å². The highest BCUT2D eigenvalue weighted by Crippen LogP contribution is 2.26. The van der Waals surface area contributed by atoms with Crippen LogP contribution in [0, 0.1) is 5.41 Å². The van der Waals surface area contributed by atoms with Crippen molar-refractivity contribution in [1.82, 2.24) is 5.39 Å². The first-order valence-corrected chi connectivity index (χ1v) is 4.22. The Hall–Kier alpha value is -0.200. The molecule has 0 unspecified atom stereocenters. The Balaban J connectivity index is 3.94. The van der Waals surface area contributed by atoms with E-state index in [2.05, 4.69) is 4.84 Å². The average molecular weight is 192 g/mol. The molecule has 0 bridgehead atoms. The van der Waals surface area contributed by atoms with Crippen LogP contribution in [-0.4, -0.2) is 28.0 Å². The first-order valence-electron chi connectivity index (χ1n) is 4.22. The first kappa shape index (κ1) is 12.8. The van der Waals surface area contributed by atoms with Crippen LogP contribution in [0.3, 0.4) is 0 Å². The van der Waals surface area contributed by atoms with Gasteiger partial charge in [-0.15, -0.1) is 0 Å². The SMILES string of the molecule is CC(C)(N)CC(C)(C)CON(O)O. The Kier molecular flexibility index (Phi) is 4.28. The molecule has 0 fully saturated rings. The van der Waals surface area contributed by atoms with Crippen molar-refractivity contribution in [3.05, 3.63) is 0 Å². The van der Waals surface area contributed by atoms with Crippen LogP contribution in [0.1, 0.15) is 34.1 Å². The molecule has 0 rings (SSSR count). The van der Waals surface area contributed by atoms with Crippen LogP contribution in [0.2, 0.25) is 0 Å². The van der Waals surface area contributed by atoms with Crippen molar-refractivity contribution in [3.63, 3.8) is 0 Å². The van der Waals surface area contributed by atoms with Gasteiger partial charge in [0, 0.05) is 5.54 Å². The molecule has 0 spiro atoms. The van der Waals surface area contributed by atoms with Crippen LogP contribution in [0.15, 0.2) is 0 Å². The Bertz CT molecular complexity index is 152. The highest BCUT2D eigenvalue weighted by molar-refractivity contribution is 4.81. The molecule has 0 aliphatic rings. The van der Waals surface area contributed by atoms with Crippen molar-refractivity contribution in [3.8, 4) is 0 Å². The molecule has 5 heteroatoms. The second-order valence-corrected chi connectivity index (χ2v) is 4.86. The third-order valence-electron chi connectivity index (χ3n) is 1.50. The van der Waals surface area contributed by atoms with Gasteiger partial charge in [-0.05, 0) is 25.7 Å². The fourth-order valence-electron chi connectivity index (χ4n) is 1.52. The summed E-state index contributed by atoms with van der Waals surface area (Å²) < 4.78 is 0. The molecule has 4 N–H and O–H groups in total. The van der Waals surface area contributed by atoms with E-state index in [9.17, 15) is 0 Å². The minimum absolute atomic E-state index is 0.192. The minimum atomic E-state index is -0.289. The van der Waals surface area contributed by atoms with E-state index < -0.39 is 0 Å². The number of hydrogen-bond donors (Lipinski definition) is 3. The van der Waals surface area contributed by atoms with E-state index in [0.717, 1.165) is 6.42 Å². The monoisotopic (exact) mass is 192 g/mol. The molecule has 0 aliphatic heterocycles. The number of nitrogens with two attached hydrogens (primary N) is 1. The summed E-state index contributed by atoms with van der Waals surface area (Å²) in [6.45, 7) is 7.95. The quantitative estimate of drug-likeness (QED) is 0.569. The van der Waals surface area contributed by atoms with E-state index >= 15 is 0 Å². The van der Waals surface area contributed by atoms with E-state index in [4.69, 9.17) is 16.1 Å². The maximum atomic E-state index is 8.35. The van der Waals surface area contributed by atoms with Crippen LogP contribution in [-0.2, 0) is 4.84 Å². The standard InChI is InChI=1S/C8H20N2O3/c1-7(2,5-8(3,4)9)6-13-10(11)12/h11-12H,5-6,9H2,1-4H3. The van der Waals surface area contributed by atoms with E-state index in [1.165, 1.54) is 0 Å². The topological polar surface area (TPSA) is 79.0 Å². The zero-order valence-electron chi connectivity index (χ0n) is 8.74. The van der Waals surface area contributed by atoms with Crippen LogP contribution in [0.5, 0.6) is 0 Å². The average Bonchev–Trinajstić information content (AvgIpc) is 1.78. The van der Waals surface area contributed by atoms with Crippen molar-refractivity contribution < 1.29 is 15.3 Å². The van der Waals surface area contributed by atoms with Gasteiger partial charge in [0.2, 0.25) is 0 Å². The van der Waals surface area contributed by atoms with E-state index in [0.29, 0.717) is 0 Å². The lowest BCUT2D eigenvalue weighted by Crippen LogP contribution is -2.39. The van der Waals surface area contributed by atoms with E-state index in [1.54, 1.807) is 0 Å². The van der Waals surface area contributed by atoms with Gasteiger partial charge in [-0.2, -0.15) is 0 Å². The van der Waals surface area contributed by atoms with E-state index in [1.807, 2.05) is 27.7 Å². The van der Waals surface area contributed by atoms with Gasteiger partial charge in [0.15, 0.2) is 0 Å². The molecule has 0 heterocycles. The molecule has 0 amide bonds. The lowest BCUT2D eigenvalue weighted by molar-refractivity contribution is -0.497. The highest BCUT2D eigenvalue weighted by atomic mass is 17.1. The van der Waals surface area contributed by atoms with Crippen LogP contribution < -0.4 is 5.73 Å². The van der Waals surface area contributed by atoms with Gasteiger partial charge < -0.3 is 5.73 Å². The summed E-state index contributed by atoms with van der Waals surface area (Å²) in [4.78, 5) is 4.54. The second-order valence-electron chi connectivity index (χ2n) is 4.86. The highest BCUT2D eigenvalue weighted by Gasteiger charge is 2.26. The molecule has 0 saturated carbocycles. The third-order valence-corrected chi connectivity index (χ3v) is 1.50. The maximum Gasteiger partial charge on any atom is 0.0787 e. The fourth-order valence-corrected chi connectivity index (χ4v) is 1.52. The summed E-state index contributed by atoms with van der Waals surface area (Å²) in [5.74, 6) is 0. The molecule has 5 nitrogen and oxygen atoms in total. The first-order chi connectivity index (χ1) is 5.62. The van der Waals surface area contributed by atoms with Crippen molar-refractivity contribution >= 4 is 0 Å². The van der Waals surface area contributed by atoms with Gasteiger partial charge >= 0.3 is 0 Å². The number of hydrogen-bond acceptors (Lipinski definition) is 5. The lowest BCUT2D eigenvalue weighted by atomic mass is 9.81. The van der Waals surface area contributed by atoms with Crippen LogP contribution in [0.25, 0.3) is 0 Å². The third kappa shape index (κ3) is 8.14. The van der Waals surface area contributed by atoms with Crippen LogP contribution >= 0.6 is 0 Å². The minimum Gasteiger partial charge on any atom is -0.326 e. The van der Waals surface area contributed by atoms with Crippen molar-refractivity contribution in [2.75, 3.05) is 6.61 Å². The predicted octanol–water partition coefficient (Wildman–Crippen LogP) is 1.15. The normalized spacial score (nSPS) is 13.8. The summed E-state index contributed by atoms with van der Waals surface area (Å²) in [5, 5.41) is 16.4. The summed E-state index contributed by atoms with van der Waals surface area (Å²) in [5.41, 5.74) is 5.35. The molecule has 0 saturated heterocycles. The number of nitrogens with zero attached hydrogens (tertiary/aromatic N) is 1. The fraction of sp³-hybridized carbons (Fsp3) is 1.00. The van der Waals surface area contributed by atoms with Gasteiger partial charge in [0.25, 0.3) is 0 Å². The zero-order chi connectivity index (χ0) is 10.7. The molecule has 0 aliphatic carbocycles. The molecule has 0 aromatic rings. The molecule has 80 valence electrons. The molecule has 0 aromatic carbocycles. The van der Waals surface area contributed by atoms with Crippen LogP contribution in [0.4, 0.5) is 0 Å². The van der Waals surface area contributed by atoms with Gasteiger partial charge in [0.05, 0.1) is 12.0 Å². The molecule has 0 aromatic heterocycles. The maximum absolute atomic E-state index is 8.35. The summed E-state index contributed by atoms with van der Waals surface area (Å²) in [6, 6.07) is 0. The second kappa shape index (κ2) is 4.34. The molecule has 0 atom stereocenters. The Labute approximate surface area is 79.0 Å². The van der Waals surface area contributed by atoms with E-state index in [-0.39, 0.29) is 23.0 Å². The van der Waals surface area contributed by atoms with Gasteiger partial charge in [-0.25, -0.2) is 0 Å².